The number of hydrogen-bond acceptors (Lipinski definition) is 1. The van der Waals surface area contributed by atoms with Crippen LogP contribution in [0.2, 0.25) is 5.02 Å². The lowest BCUT2D eigenvalue weighted by molar-refractivity contribution is -0.837. The van der Waals surface area contributed by atoms with E-state index in [1.807, 2.05) is 54.3 Å². The quantitative estimate of drug-likeness (QED) is 0.763. The fourth-order valence-corrected chi connectivity index (χ4v) is 3.13. The molecule has 122 valence electrons. The Balaban J connectivity index is 0.00000192. The van der Waals surface area contributed by atoms with Gasteiger partial charge in [-0.05, 0) is 31.2 Å². The van der Waals surface area contributed by atoms with Crippen LogP contribution in [0.3, 0.4) is 0 Å². The van der Waals surface area contributed by atoms with Gasteiger partial charge in [0.2, 0.25) is 0 Å². The van der Waals surface area contributed by atoms with Gasteiger partial charge in [-0.15, -0.1) is 0 Å². The molecular formula is C18H20Cl2N2O. The first kappa shape index (κ1) is 17.8. The lowest BCUT2D eigenvalue weighted by Gasteiger charge is -2.32. The molecular weight excluding hydrogens is 331 g/mol. The number of rotatable bonds is 2. The molecule has 3 nitrogen and oxygen atoms in total. The second kappa shape index (κ2) is 7.82. The van der Waals surface area contributed by atoms with Crippen molar-refractivity contribution in [2.75, 3.05) is 26.2 Å². The topological polar surface area (TPSA) is 24.8 Å². The molecule has 1 aliphatic rings. The predicted molar refractivity (Wildman–Crippen MR) is 88.9 cm³/mol. The molecule has 0 aliphatic carbocycles. The van der Waals surface area contributed by atoms with Crippen LogP contribution in [0.15, 0.2) is 48.5 Å². The van der Waals surface area contributed by atoms with Crippen molar-refractivity contribution < 1.29 is 22.1 Å². The van der Waals surface area contributed by atoms with E-state index >= 15 is 0 Å². The van der Waals surface area contributed by atoms with Gasteiger partial charge in [0.25, 0.3) is 5.91 Å². The van der Waals surface area contributed by atoms with E-state index in [4.69, 9.17) is 11.6 Å². The second-order valence-corrected chi connectivity index (χ2v) is 6.21. The van der Waals surface area contributed by atoms with E-state index in [0.29, 0.717) is 0 Å². The Morgan fingerprint density at radius 2 is 1.78 bits per heavy atom. The van der Waals surface area contributed by atoms with Crippen LogP contribution < -0.4 is 17.3 Å². The highest BCUT2D eigenvalue weighted by atomic mass is 35.5. The summed E-state index contributed by atoms with van der Waals surface area (Å²) >= 11 is 6.06. The van der Waals surface area contributed by atoms with Crippen molar-refractivity contribution in [2.24, 2.45) is 0 Å². The molecule has 0 saturated carbocycles. The van der Waals surface area contributed by atoms with Gasteiger partial charge in [-0.2, -0.15) is 0 Å². The minimum Gasteiger partial charge on any atom is -1.00 e. The summed E-state index contributed by atoms with van der Waals surface area (Å²) in [6.45, 7) is 5.39. The smallest absolute Gasteiger partial charge is 0.254 e. The Kier molecular flexibility index (Phi) is 6.05. The highest BCUT2D eigenvalue weighted by Gasteiger charge is 2.25. The standard InChI is InChI=1S/C18H19ClN2O.ClH/c1-14-4-2-5-15(12-14)18(22)21-10-8-20(9-11-21)17-7-3-6-16(19)13-17;/h2-7,12-13H,8-11H2,1H3;1H. The molecule has 1 saturated heterocycles. The SMILES string of the molecule is Cc1cccc(C(=O)N2CC[NH+](c3cccc(Cl)c3)CC2)c1.[Cl-]. The Labute approximate surface area is 148 Å². The predicted octanol–water partition coefficient (Wildman–Crippen LogP) is -0.675. The molecule has 23 heavy (non-hydrogen) atoms. The molecule has 0 radical (unpaired) electrons. The summed E-state index contributed by atoms with van der Waals surface area (Å²) in [6.07, 6.45) is 0. The molecule has 0 aromatic heterocycles. The second-order valence-electron chi connectivity index (χ2n) is 5.78. The number of hydrogen-bond donors (Lipinski definition) is 1. The first-order valence-electron chi connectivity index (χ1n) is 7.60. The summed E-state index contributed by atoms with van der Waals surface area (Å²) in [6, 6.07) is 15.8. The lowest BCUT2D eigenvalue weighted by atomic mass is 10.1. The van der Waals surface area contributed by atoms with Crippen LogP contribution in [0.5, 0.6) is 0 Å². The number of benzene rings is 2. The zero-order valence-electron chi connectivity index (χ0n) is 13.1. The maximum Gasteiger partial charge on any atom is 0.254 e. The van der Waals surface area contributed by atoms with E-state index in [9.17, 15) is 4.79 Å². The van der Waals surface area contributed by atoms with E-state index < -0.39 is 0 Å². The van der Waals surface area contributed by atoms with Gasteiger partial charge in [-0.1, -0.05) is 35.4 Å². The van der Waals surface area contributed by atoms with Crippen LogP contribution in [0.4, 0.5) is 5.69 Å². The van der Waals surface area contributed by atoms with Crippen LogP contribution in [-0.2, 0) is 0 Å². The molecule has 1 fully saturated rings. The fraction of sp³-hybridized carbons (Fsp3) is 0.278. The largest absolute Gasteiger partial charge is 1.00 e. The number of amides is 1. The molecule has 2 aromatic rings. The number of halogens is 2. The molecule has 0 spiro atoms. The Hall–Kier alpha value is -1.55. The van der Waals surface area contributed by atoms with Crippen LogP contribution in [-0.4, -0.2) is 37.0 Å². The molecule has 1 amide bonds. The molecule has 2 aromatic carbocycles. The molecule has 0 unspecified atom stereocenters. The number of carbonyl (C=O) groups is 1. The minimum atomic E-state index is 0. The van der Waals surface area contributed by atoms with E-state index in [1.165, 1.54) is 10.6 Å². The maximum atomic E-state index is 12.5. The zero-order valence-corrected chi connectivity index (χ0v) is 14.6. The van der Waals surface area contributed by atoms with Gasteiger partial charge in [0.05, 0.1) is 26.2 Å². The first-order valence-corrected chi connectivity index (χ1v) is 7.98. The van der Waals surface area contributed by atoms with Crippen LogP contribution in [0.25, 0.3) is 0 Å². The molecule has 0 atom stereocenters. The minimum absolute atomic E-state index is 0. The summed E-state index contributed by atoms with van der Waals surface area (Å²) in [4.78, 5) is 15.9. The van der Waals surface area contributed by atoms with Crippen molar-refractivity contribution in [2.45, 2.75) is 6.92 Å². The molecule has 1 N–H and O–H groups in total. The molecule has 3 rings (SSSR count). The average molecular weight is 351 g/mol. The summed E-state index contributed by atoms with van der Waals surface area (Å²) in [5.41, 5.74) is 3.11. The summed E-state index contributed by atoms with van der Waals surface area (Å²) in [7, 11) is 0. The van der Waals surface area contributed by atoms with Gasteiger partial charge in [0.15, 0.2) is 0 Å². The average Bonchev–Trinajstić information content (AvgIpc) is 2.54. The lowest BCUT2D eigenvalue weighted by Crippen LogP contribution is -3.10. The van der Waals surface area contributed by atoms with Crippen LogP contribution in [0, 0.1) is 6.92 Å². The number of nitrogens with one attached hydrogen (secondary N) is 1. The van der Waals surface area contributed by atoms with Gasteiger partial charge in [-0.3, -0.25) is 9.69 Å². The monoisotopic (exact) mass is 350 g/mol. The van der Waals surface area contributed by atoms with Gasteiger partial charge in [0.1, 0.15) is 5.69 Å². The Morgan fingerprint density at radius 3 is 2.43 bits per heavy atom. The van der Waals surface area contributed by atoms with E-state index in [2.05, 4.69) is 6.07 Å². The molecule has 1 aliphatic heterocycles. The van der Waals surface area contributed by atoms with E-state index in [0.717, 1.165) is 42.3 Å². The van der Waals surface area contributed by atoms with Crippen LogP contribution in [0.1, 0.15) is 15.9 Å². The van der Waals surface area contributed by atoms with Crippen molar-refractivity contribution in [1.82, 2.24) is 4.90 Å². The highest BCUT2D eigenvalue weighted by molar-refractivity contribution is 6.30. The molecule has 1 heterocycles. The fourth-order valence-electron chi connectivity index (χ4n) is 2.94. The zero-order chi connectivity index (χ0) is 15.5. The first-order chi connectivity index (χ1) is 10.6. The summed E-state index contributed by atoms with van der Waals surface area (Å²) < 4.78 is 0. The van der Waals surface area contributed by atoms with E-state index in [1.54, 1.807) is 0 Å². The third-order valence-corrected chi connectivity index (χ3v) is 4.39. The molecule has 5 heteroatoms. The number of aryl methyl sites for hydroxylation is 1. The van der Waals surface area contributed by atoms with Gasteiger partial charge >= 0.3 is 0 Å². The summed E-state index contributed by atoms with van der Waals surface area (Å²) in [5.74, 6) is 0.133. The van der Waals surface area contributed by atoms with Crippen LogP contribution >= 0.6 is 11.6 Å². The number of nitrogens with zero attached hydrogens (tertiary/aromatic N) is 1. The maximum absolute atomic E-state index is 12.5. The third kappa shape index (κ3) is 4.25. The third-order valence-electron chi connectivity index (χ3n) is 4.15. The van der Waals surface area contributed by atoms with Crippen molar-refractivity contribution in [3.63, 3.8) is 0 Å². The normalized spacial score (nSPS) is 15.1. The Morgan fingerprint density at radius 1 is 1.09 bits per heavy atom. The number of piperazine rings is 1. The van der Waals surface area contributed by atoms with E-state index in [-0.39, 0.29) is 18.3 Å². The summed E-state index contributed by atoms with van der Waals surface area (Å²) in [5, 5.41) is 0.767. The van der Waals surface area contributed by atoms with Crippen molar-refractivity contribution in [3.05, 3.63) is 64.7 Å². The van der Waals surface area contributed by atoms with Gasteiger partial charge < -0.3 is 17.3 Å². The highest BCUT2D eigenvalue weighted by Crippen LogP contribution is 2.13. The van der Waals surface area contributed by atoms with Gasteiger partial charge in [-0.25, -0.2) is 0 Å². The van der Waals surface area contributed by atoms with Crippen molar-refractivity contribution >= 4 is 23.2 Å². The number of quaternary nitrogens is 1. The Bertz CT molecular complexity index is 682. The van der Waals surface area contributed by atoms with Crippen molar-refractivity contribution in [1.29, 1.82) is 0 Å². The van der Waals surface area contributed by atoms with Gasteiger partial charge in [0, 0.05) is 16.7 Å². The van der Waals surface area contributed by atoms with Crippen molar-refractivity contribution in [3.8, 4) is 0 Å². The molecule has 0 bridgehead atoms. The number of carbonyl (C=O) groups excluding carboxylic acids is 1.